The number of aromatic nitrogens is 4. The first-order chi connectivity index (χ1) is 15.7. The second kappa shape index (κ2) is 8.73. The van der Waals surface area contributed by atoms with Crippen LogP contribution in [0.25, 0.3) is 11.0 Å². The predicted molar refractivity (Wildman–Crippen MR) is 111 cm³/mol. The van der Waals surface area contributed by atoms with Gasteiger partial charge in [0.05, 0.1) is 12.2 Å². The number of aliphatic carboxylic acids is 1. The lowest BCUT2D eigenvalue weighted by Crippen LogP contribution is -2.50. The van der Waals surface area contributed by atoms with Crippen molar-refractivity contribution < 1.29 is 27.8 Å². The molecule has 1 aromatic carbocycles. The lowest BCUT2D eigenvalue weighted by Gasteiger charge is -2.44. The van der Waals surface area contributed by atoms with Crippen molar-refractivity contribution in [1.82, 2.24) is 25.5 Å². The lowest BCUT2D eigenvalue weighted by atomic mass is 9.81. The van der Waals surface area contributed by atoms with Crippen molar-refractivity contribution in [1.29, 1.82) is 0 Å². The molecule has 0 radical (unpaired) electrons. The minimum absolute atomic E-state index is 0.0153. The molecule has 33 heavy (non-hydrogen) atoms. The Morgan fingerprint density at radius 2 is 1.94 bits per heavy atom. The predicted octanol–water partition coefficient (Wildman–Crippen LogP) is 2.34. The number of aromatic amines is 2. The molecule has 1 atom stereocenters. The molecule has 0 aliphatic carbocycles. The zero-order valence-corrected chi connectivity index (χ0v) is 17.2. The number of nitrogens with zero attached hydrogens (tertiary/aromatic N) is 2. The summed E-state index contributed by atoms with van der Waals surface area (Å²) in [5, 5.41) is 21.0. The van der Waals surface area contributed by atoms with Gasteiger partial charge < -0.3 is 20.5 Å². The number of nitrogens with one attached hydrogen (secondary N) is 4. The number of anilines is 1. The first kappa shape index (κ1) is 22.6. The monoisotopic (exact) mass is 466 g/mol. The Morgan fingerprint density at radius 3 is 2.64 bits per heavy atom. The highest BCUT2D eigenvalue weighted by Crippen LogP contribution is 2.44. The number of fused-ring (bicyclic) bond motifs is 2. The first-order valence-electron chi connectivity index (χ1n) is 10.2. The quantitative estimate of drug-likeness (QED) is 0.387. The number of alkyl halides is 3. The number of carboxylic acid groups (broad SMARTS) is 1. The summed E-state index contributed by atoms with van der Waals surface area (Å²) in [4.78, 5) is 28.4. The van der Waals surface area contributed by atoms with Crippen LogP contribution in [0.2, 0.25) is 0 Å². The van der Waals surface area contributed by atoms with E-state index in [1.807, 2.05) is 18.2 Å². The molecule has 0 amide bonds. The van der Waals surface area contributed by atoms with Crippen molar-refractivity contribution >= 4 is 23.0 Å². The van der Waals surface area contributed by atoms with E-state index in [1.54, 1.807) is 0 Å². The third-order valence-corrected chi connectivity index (χ3v) is 5.58. The van der Waals surface area contributed by atoms with Crippen molar-refractivity contribution in [3.63, 3.8) is 0 Å². The zero-order chi connectivity index (χ0) is 23.6. The molecule has 13 heteroatoms. The standard InChI is InChI=1S/C18H20N6O2.C2HF3O2/c25-16-12-10-20-24-15(12)22-17(23-16)21-13-9-18(5-7-19-8-6-18)26-14-4-2-1-3-11(13)14;3-2(4,5)1(6)7/h1-4,10,13,19H,5-9H2,(H3,20,21,22,23,24,25);(H,6,7). The summed E-state index contributed by atoms with van der Waals surface area (Å²) >= 11 is 0. The number of ether oxygens (including phenoxy) is 1. The normalized spacial score (nSPS) is 19.2. The average molecular weight is 466 g/mol. The fraction of sp³-hybridized carbons (Fsp3) is 0.400. The van der Waals surface area contributed by atoms with E-state index in [2.05, 4.69) is 36.9 Å². The molecule has 3 aromatic rings. The van der Waals surface area contributed by atoms with Crippen LogP contribution in [0.5, 0.6) is 5.75 Å². The second-order valence-corrected chi connectivity index (χ2v) is 7.82. The molecule has 2 aliphatic rings. The number of para-hydroxylation sites is 1. The van der Waals surface area contributed by atoms with E-state index >= 15 is 0 Å². The van der Waals surface area contributed by atoms with Crippen molar-refractivity contribution in [2.75, 3.05) is 18.4 Å². The molecule has 2 aliphatic heterocycles. The van der Waals surface area contributed by atoms with Gasteiger partial charge in [0.15, 0.2) is 5.65 Å². The van der Waals surface area contributed by atoms with E-state index in [0.717, 1.165) is 43.7 Å². The van der Waals surface area contributed by atoms with Crippen molar-refractivity contribution in [2.45, 2.75) is 37.1 Å². The van der Waals surface area contributed by atoms with Gasteiger partial charge >= 0.3 is 12.1 Å². The Labute approximate surface area is 184 Å². The molecular formula is C20H21F3N6O4. The third kappa shape index (κ3) is 4.92. The van der Waals surface area contributed by atoms with Gasteiger partial charge in [-0.3, -0.25) is 14.9 Å². The van der Waals surface area contributed by atoms with E-state index in [0.29, 0.717) is 17.0 Å². The molecule has 176 valence electrons. The maximum Gasteiger partial charge on any atom is 0.490 e. The number of hydrogen-bond acceptors (Lipinski definition) is 7. The van der Waals surface area contributed by atoms with Crippen molar-refractivity contribution in [3.8, 4) is 5.75 Å². The van der Waals surface area contributed by atoms with Crippen LogP contribution in [0.3, 0.4) is 0 Å². The fourth-order valence-electron chi connectivity index (χ4n) is 4.01. The van der Waals surface area contributed by atoms with E-state index in [-0.39, 0.29) is 17.2 Å². The van der Waals surface area contributed by atoms with E-state index in [4.69, 9.17) is 14.6 Å². The highest BCUT2D eigenvalue weighted by Gasteiger charge is 2.42. The lowest BCUT2D eigenvalue weighted by molar-refractivity contribution is -0.192. The molecule has 2 aromatic heterocycles. The van der Waals surface area contributed by atoms with Gasteiger partial charge in [-0.25, -0.2) is 4.79 Å². The van der Waals surface area contributed by atoms with Crippen LogP contribution < -0.4 is 20.9 Å². The van der Waals surface area contributed by atoms with Gasteiger partial charge in [-0.15, -0.1) is 0 Å². The number of carboxylic acids is 1. The van der Waals surface area contributed by atoms with Gasteiger partial charge in [-0.2, -0.15) is 23.3 Å². The highest BCUT2D eigenvalue weighted by atomic mass is 19.4. The Morgan fingerprint density at radius 1 is 1.24 bits per heavy atom. The van der Waals surface area contributed by atoms with Gasteiger partial charge in [-0.05, 0) is 32.0 Å². The SMILES string of the molecule is O=C(O)C(F)(F)F.O=c1[nH]c(NC2CC3(CCNCC3)Oc3ccccc32)nc2[nH]ncc12. The number of benzene rings is 1. The minimum atomic E-state index is -5.08. The average Bonchev–Trinajstić information content (AvgIpc) is 3.23. The zero-order valence-electron chi connectivity index (χ0n) is 17.2. The number of rotatable bonds is 2. The summed E-state index contributed by atoms with van der Waals surface area (Å²) in [5.41, 5.74) is 1.18. The summed E-state index contributed by atoms with van der Waals surface area (Å²) < 4.78 is 38.2. The minimum Gasteiger partial charge on any atom is -0.487 e. The largest absolute Gasteiger partial charge is 0.490 e. The Bertz CT molecular complexity index is 1200. The summed E-state index contributed by atoms with van der Waals surface area (Å²) in [7, 11) is 0. The van der Waals surface area contributed by atoms with Crippen molar-refractivity contribution in [2.24, 2.45) is 0 Å². The molecule has 0 saturated carbocycles. The van der Waals surface area contributed by atoms with Gasteiger partial charge in [0.25, 0.3) is 5.56 Å². The Hall–Kier alpha value is -3.61. The Balaban J connectivity index is 0.000000325. The molecule has 1 unspecified atom stereocenters. The summed E-state index contributed by atoms with van der Waals surface area (Å²) in [6, 6.07) is 8.09. The van der Waals surface area contributed by atoms with Gasteiger partial charge in [0.2, 0.25) is 5.95 Å². The molecule has 1 fully saturated rings. The highest BCUT2D eigenvalue weighted by molar-refractivity contribution is 5.73. The second-order valence-electron chi connectivity index (χ2n) is 7.82. The van der Waals surface area contributed by atoms with E-state index < -0.39 is 12.1 Å². The summed E-state index contributed by atoms with van der Waals surface area (Å²) in [5.74, 6) is -1.41. The van der Waals surface area contributed by atoms with Crippen LogP contribution in [0.4, 0.5) is 19.1 Å². The van der Waals surface area contributed by atoms with Crippen LogP contribution in [-0.4, -0.2) is 56.1 Å². The molecule has 5 N–H and O–H groups in total. The van der Waals surface area contributed by atoms with Crippen LogP contribution in [0.15, 0.2) is 35.3 Å². The maximum atomic E-state index is 12.2. The van der Waals surface area contributed by atoms with E-state index in [1.165, 1.54) is 6.20 Å². The number of halogens is 3. The molecular weight excluding hydrogens is 445 g/mol. The van der Waals surface area contributed by atoms with Crippen LogP contribution in [0.1, 0.15) is 30.9 Å². The van der Waals surface area contributed by atoms with Crippen molar-refractivity contribution in [3.05, 3.63) is 46.4 Å². The Kier molecular flexibility index (Phi) is 5.97. The van der Waals surface area contributed by atoms with Gasteiger partial charge in [0, 0.05) is 12.0 Å². The smallest absolute Gasteiger partial charge is 0.487 e. The summed E-state index contributed by atoms with van der Waals surface area (Å²) in [6.07, 6.45) is -0.846. The fourth-order valence-corrected chi connectivity index (χ4v) is 4.01. The molecule has 5 rings (SSSR count). The molecule has 4 heterocycles. The molecule has 1 saturated heterocycles. The maximum absolute atomic E-state index is 12.2. The van der Waals surface area contributed by atoms with Crippen LogP contribution in [0, 0.1) is 0 Å². The van der Waals surface area contributed by atoms with Crippen LogP contribution >= 0.6 is 0 Å². The number of carbonyl (C=O) groups is 1. The van der Waals surface area contributed by atoms with Gasteiger partial charge in [-0.1, -0.05) is 18.2 Å². The molecule has 1 spiro atoms. The first-order valence-corrected chi connectivity index (χ1v) is 10.2. The third-order valence-electron chi connectivity index (χ3n) is 5.58. The van der Waals surface area contributed by atoms with Gasteiger partial charge in [0.1, 0.15) is 16.7 Å². The topological polar surface area (TPSA) is 145 Å². The number of piperidine rings is 1. The van der Waals surface area contributed by atoms with E-state index in [9.17, 15) is 18.0 Å². The van der Waals surface area contributed by atoms with Crippen LogP contribution in [-0.2, 0) is 4.79 Å². The number of hydrogen-bond donors (Lipinski definition) is 5. The summed E-state index contributed by atoms with van der Waals surface area (Å²) in [6.45, 7) is 1.90. The molecule has 0 bridgehead atoms. The number of H-pyrrole nitrogens is 2. The molecule has 10 nitrogen and oxygen atoms in total.